The van der Waals surface area contributed by atoms with Gasteiger partial charge in [-0.1, -0.05) is 26.0 Å². The van der Waals surface area contributed by atoms with E-state index in [4.69, 9.17) is 0 Å². The van der Waals surface area contributed by atoms with Gasteiger partial charge in [0.15, 0.2) is 0 Å². The van der Waals surface area contributed by atoms with E-state index in [0.717, 1.165) is 5.92 Å². The highest BCUT2D eigenvalue weighted by Crippen LogP contribution is 2.41. The second-order valence-corrected chi connectivity index (χ2v) is 6.48. The highest BCUT2D eigenvalue weighted by atomic mass is 14.4. The number of rotatable bonds is 1. The summed E-state index contributed by atoms with van der Waals surface area (Å²) in [7, 11) is 0. The molecular weight excluding hydrogens is 204 g/mol. The van der Waals surface area contributed by atoms with Crippen molar-refractivity contribution in [1.82, 2.24) is 0 Å². The Balaban J connectivity index is 2.33. The first kappa shape index (κ1) is 12.7. The summed E-state index contributed by atoms with van der Waals surface area (Å²) in [5.41, 5.74) is 6.38. The molecule has 0 amide bonds. The van der Waals surface area contributed by atoms with Crippen molar-refractivity contribution in [3.05, 3.63) is 34.4 Å². The monoisotopic (exact) mass is 230 g/mol. The van der Waals surface area contributed by atoms with Gasteiger partial charge in [0.2, 0.25) is 0 Å². The van der Waals surface area contributed by atoms with E-state index in [1.165, 1.54) is 42.4 Å². The Morgan fingerprint density at radius 1 is 1.00 bits per heavy atom. The van der Waals surface area contributed by atoms with Crippen LogP contribution in [0.15, 0.2) is 12.1 Å². The van der Waals surface area contributed by atoms with Gasteiger partial charge in [-0.3, -0.25) is 0 Å². The molecule has 0 N–H and O–H groups in total. The molecular formula is C17H26. The van der Waals surface area contributed by atoms with Crippen LogP contribution in [0.1, 0.15) is 61.8 Å². The molecule has 1 aliphatic carbocycles. The van der Waals surface area contributed by atoms with E-state index in [1.807, 2.05) is 0 Å². The molecule has 0 spiro atoms. The average molecular weight is 230 g/mol. The van der Waals surface area contributed by atoms with Gasteiger partial charge in [-0.05, 0) is 80.0 Å². The molecule has 2 rings (SSSR count). The van der Waals surface area contributed by atoms with Crippen LogP contribution >= 0.6 is 0 Å². The van der Waals surface area contributed by atoms with Gasteiger partial charge < -0.3 is 0 Å². The molecule has 0 unspecified atom stereocenters. The van der Waals surface area contributed by atoms with Crippen molar-refractivity contribution in [3.63, 3.8) is 0 Å². The third-order valence-electron chi connectivity index (χ3n) is 5.00. The third kappa shape index (κ3) is 2.41. The van der Waals surface area contributed by atoms with Crippen LogP contribution in [-0.4, -0.2) is 0 Å². The Morgan fingerprint density at radius 3 is 1.94 bits per heavy atom. The highest BCUT2D eigenvalue weighted by Gasteiger charge is 2.31. The Kier molecular flexibility index (Phi) is 3.34. The van der Waals surface area contributed by atoms with Gasteiger partial charge >= 0.3 is 0 Å². The first-order chi connectivity index (χ1) is 7.92. The first-order valence-corrected chi connectivity index (χ1v) is 7.01. The van der Waals surface area contributed by atoms with Crippen LogP contribution in [0, 0.1) is 26.7 Å². The molecule has 0 heteroatoms. The first-order valence-electron chi connectivity index (χ1n) is 7.01. The predicted octanol–water partition coefficient (Wildman–Crippen LogP) is 5.08. The predicted molar refractivity (Wildman–Crippen MR) is 75.6 cm³/mol. The van der Waals surface area contributed by atoms with Crippen molar-refractivity contribution in [1.29, 1.82) is 0 Å². The van der Waals surface area contributed by atoms with Crippen LogP contribution in [0.25, 0.3) is 0 Å². The van der Waals surface area contributed by atoms with Gasteiger partial charge in [0, 0.05) is 0 Å². The zero-order chi connectivity index (χ0) is 12.6. The van der Waals surface area contributed by atoms with Crippen molar-refractivity contribution in [2.45, 2.75) is 65.7 Å². The summed E-state index contributed by atoms with van der Waals surface area (Å²) in [5, 5.41) is 0. The average Bonchev–Trinajstić information content (AvgIpc) is 2.29. The lowest BCUT2D eigenvalue weighted by Gasteiger charge is -2.37. The van der Waals surface area contributed by atoms with Crippen LogP contribution in [0.2, 0.25) is 0 Å². The molecule has 17 heavy (non-hydrogen) atoms. The van der Waals surface area contributed by atoms with Crippen LogP contribution in [-0.2, 0) is 5.41 Å². The molecule has 0 saturated heterocycles. The minimum Gasteiger partial charge on any atom is -0.0625 e. The maximum Gasteiger partial charge on any atom is -0.00748 e. The quantitative estimate of drug-likeness (QED) is 0.631. The van der Waals surface area contributed by atoms with Crippen LogP contribution in [0.5, 0.6) is 0 Å². The van der Waals surface area contributed by atoms with Crippen molar-refractivity contribution >= 4 is 0 Å². The van der Waals surface area contributed by atoms with Gasteiger partial charge in [-0.2, -0.15) is 0 Å². The zero-order valence-electron chi connectivity index (χ0n) is 12.1. The molecule has 0 nitrogen and oxygen atoms in total. The van der Waals surface area contributed by atoms with Crippen LogP contribution in [0.4, 0.5) is 0 Å². The zero-order valence-corrected chi connectivity index (χ0v) is 12.1. The Bertz CT molecular complexity index is 383. The lowest BCUT2D eigenvalue weighted by molar-refractivity contribution is 0.260. The number of benzene rings is 1. The summed E-state index contributed by atoms with van der Waals surface area (Å²) in [6.45, 7) is 11.6. The van der Waals surface area contributed by atoms with Gasteiger partial charge in [-0.15, -0.1) is 0 Å². The molecule has 1 aromatic rings. The molecule has 1 aromatic carbocycles. The molecule has 94 valence electrons. The maximum atomic E-state index is 2.46. The minimum atomic E-state index is 0.426. The fourth-order valence-corrected chi connectivity index (χ4v) is 3.07. The SMILES string of the molecule is Cc1cc(C2(C)CCC(C)CC2)cc(C)c1C. The number of hydrogen-bond acceptors (Lipinski definition) is 0. The highest BCUT2D eigenvalue weighted by molar-refractivity contribution is 5.40. The summed E-state index contributed by atoms with van der Waals surface area (Å²) in [5.74, 6) is 0.927. The summed E-state index contributed by atoms with van der Waals surface area (Å²) in [4.78, 5) is 0. The van der Waals surface area contributed by atoms with Gasteiger partial charge in [0.1, 0.15) is 0 Å². The standard InChI is InChI=1S/C17H26/c1-12-6-8-17(5,9-7-12)16-10-13(2)15(4)14(3)11-16/h10-12H,6-9H2,1-5H3. The molecule has 0 heterocycles. The van der Waals surface area contributed by atoms with E-state index in [2.05, 4.69) is 46.8 Å². The summed E-state index contributed by atoms with van der Waals surface area (Å²) < 4.78 is 0. The maximum absolute atomic E-state index is 2.46. The van der Waals surface area contributed by atoms with E-state index in [-0.39, 0.29) is 0 Å². The van der Waals surface area contributed by atoms with E-state index in [1.54, 1.807) is 5.56 Å². The van der Waals surface area contributed by atoms with Crippen molar-refractivity contribution in [3.8, 4) is 0 Å². The Morgan fingerprint density at radius 2 is 1.47 bits per heavy atom. The topological polar surface area (TPSA) is 0 Å². The molecule has 0 atom stereocenters. The van der Waals surface area contributed by atoms with Crippen LogP contribution in [0.3, 0.4) is 0 Å². The largest absolute Gasteiger partial charge is 0.0625 e. The second kappa shape index (κ2) is 4.48. The number of aryl methyl sites for hydroxylation is 2. The second-order valence-electron chi connectivity index (χ2n) is 6.48. The summed E-state index contributed by atoms with van der Waals surface area (Å²) in [6, 6.07) is 4.86. The van der Waals surface area contributed by atoms with E-state index in [0.29, 0.717) is 5.41 Å². The molecule has 0 radical (unpaired) electrons. The third-order valence-corrected chi connectivity index (χ3v) is 5.00. The van der Waals surface area contributed by atoms with Crippen LogP contribution < -0.4 is 0 Å². The molecule has 0 aromatic heterocycles. The van der Waals surface area contributed by atoms with Crippen molar-refractivity contribution in [2.24, 2.45) is 5.92 Å². The van der Waals surface area contributed by atoms with E-state index >= 15 is 0 Å². The Hall–Kier alpha value is -0.780. The molecule has 1 saturated carbocycles. The Labute approximate surface area is 106 Å². The minimum absolute atomic E-state index is 0.426. The van der Waals surface area contributed by atoms with E-state index < -0.39 is 0 Å². The van der Waals surface area contributed by atoms with Crippen molar-refractivity contribution in [2.75, 3.05) is 0 Å². The lowest BCUT2D eigenvalue weighted by atomic mass is 9.68. The number of hydrogen-bond donors (Lipinski definition) is 0. The lowest BCUT2D eigenvalue weighted by Crippen LogP contribution is -2.28. The van der Waals surface area contributed by atoms with Gasteiger partial charge in [0.05, 0.1) is 0 Å². The molecule has 0 bridgehead atoms. The van der Waals surface area contributed by atoms with E-state index in [9.17, 15) is 0 Å². The molecule has 0 aliphatic heterocycles. The van der Waals surface area contributed by atoms with Crippen molar-refractivity contribution < 1.29 is 0 Å². The molecule has 1 fully saturated rings. The summed E-state index contributed by atoms with van der Waals surface area (Å²) >= 11 is 0. The van der Waals surface area contributed by atoms with Gasteiger partial charge in [0.25, 0.3) is 0 Å². The normalized spacial score (nSPS) is 29.4. The fraction of sp³-hybridized carbons (Fsp3) is 0.647. The summed E-state index contributed by atoms with van der Waals surface area (Å²) in [6.07, 6.45) is 5.50. The molecule has 1 aliphatic rings. The van der Waals surface area contributed by atoms with Gasteiger partial charge in [-0.25, -0.2) is 0 Å². The fourth-order valence-electron chi connectivity index (χ4n) is 3.07. The smallest absolute Gasteiger partial charge is 0.00748 e.